The molecule has 1 aliphatic carbocycles. The molecule has 1 aliphatic rings. The van der Waals surface area contributed by atoms with Gasteiger partial charge in [-0.15, -0.1) is 0 Å². The maximum atomic E-state index is 12.7. The first-order valence-corrected chi connectivity index (χ1v) is 7.90. The summed E-state index contributed by atoms with van der Waals surface area (Å²) in [4.78, 5) is 12.7. The van der Waals surface area contributed by atoms with Crippen LogP contribution in [0.15, 0.2) is 27.8 Å². The fraction of sp³-hybridized carbons (Fsp3) is 0.467. The highest BCUT2D eigenvalue weighted by Gasteiger charge is 2.39. The van der Waals surface area contributed by atoms with Crippen molar-refractivity contribution in [2.24, 2.45) is 16.3 Å². The summed E-state index contributed by atoms with van der Waals surface area (Å²) in [5.74, 6) is 0.00219. The van der Waals surface area contributed by atoms with Crippen LogP contribution in [0.1, 0.15) is 44.6 Å². The number of nitrogens with zero attached hydrogens (tertiary/aromatic N) is 1. The monoisotopic (exact) mass is 353 g/mol. The van der Waals surface area contributed by atoms with Crippen LogP contribution in [-0.4, -0.2) is 17.0 Å². The van der Waals surface area contributed by atoms with Crippen molar-refractivity contribution in [2.75, 3.05) is 5.32 Å². The number of carbonyl (C=O) groups is 1. The molecule has 1 fully saturated rings. The number of hydrogen-bond donors (Lipinski definition) is 3. The summed E-state index contributed by atoms with van der Waals surface area (Å²) in [6.07, 6.45) is 4.84. The van der Waals surface area contributed by atoms with E-state index in [2.05, 4.69) is 33.3 Å². The van der Waals surface area contributed by atoms with Crippen molar-refractivity contribution in [3.8, 4) is 0 Å². The number of nitrogens with one attached hydrogen (secondary N) is 1. The largest absolute Gasteiger partial charge is 0.409 e. The van der Waals surface area contributed by atoms with E-state index in [0.717, 1.165) is 36.6 Å². The van der Waals surface area contributed by atoms with E-state index in [1.165, 1.54) is 0 Å². The van der Waals surface area contributed by atoms with Crippen LogP contribution in [0.2, 0.25) is 0 Å². The van der Waals surface area contributed by atoms with Gasteiger partial charge in [-0.1, -0.05) is 40.9 Å². The maximum Gasteiger partial charge on any atom is 0.230 e. The Kier molecular flexibility index (Phi) is 4.88. The maximum absolute atomic E-state index is 12.7. The number of amidine groups is 1. The standard InChI is InChI=1S/C15H20BrN3O2/c1-2-15(7-3-4-8-15)14(20)18-12-9-10(16)5-6-11(12)13(17)19-21/h5-6,9,21H,2-4,7-8H2,1H3,(H2,17,19)(H,18,20). The zero-order valence-corrected chi connectivity index (χ0v) is 13.6. The molecular formula is C15H20BrN3O2. The Balaban J connectivity index is 2.30. The second kappa shape index (κ2) is 6.47. The first kappa shape index (κ1) is 15.8. The van der Waals surface area contributed by atoms with Crippen LogP contribution in [0.25, 0.3) is 0 Å². The molecule has 1 aromatic carbocycles. The number of oxime groups is 1. The highest BCUT2D eigenvalue weighted by atomic mass is 79.9. The summed E-state index contributed by atoms with van der Waals surface area (Å²) in [7, 11) is 0. The van der Waals surface area contributed by atoms with Gasteiger partial charge in [-0.2, -0.15) is 0 Å². The molecule has 1 saturated carbocycles. The van der Waals surface area contributed by atoms with Crippen LogP contribution in [0, 0.1) is 5.41 Å². The third-order valence-electron chi connectivity index (χ3n) is 4.33. The van der Waals surface area contributed by atoms with Gasteiger partial charge in [0.25, 0.3) is 0 Å². The van der Waals surface area contributed by atoms with Crippen LogP contribution >= 0.6 is 15.9 Å². The van der Waals surface area contributed by atoms with Crippen LogP contribution in [0.5, 0.6) is 0 Å². The smallest absolute Gasteiger partial charge is 0.230 e. The van der Waals surface area contributed by atoms with E-state index in [1.54, 1.807) is 18.2 Å². The van der Waals surface area contributed by atoms with E-state index in [1.807, 2.05) is 0 Å². The van der Waals surface area contributed by atoms with Crippen molar-refractivity contribution in [1.29, 1.82) is 0 Å². The topological polar surface area (TPSA) is 87.7 Å². The number of halogens is 1. The second-order valence-corrected chi connectivity index (χ2v) is 6.39. The number of rotatable bonds is 4. The highest BCUT2D eigenvalue weighted by molar-refractivity contribution is 9.10. The number of nitrogens with two attached hydrogens (primary N) is 1. The summed E-state index contributed by atoms with van der Waals surface area (Å²) in [5.41, 5.74) is 6.46. The average molecular weight is 354 g/mol. The average Bonchev–Trinajstić information content (AvgIpc) is 2.97. The van der Waals surface area contributed by atoms with Gasteiger partial charge in [0.05, 0.1) is 5.69 Å². The van der Waals surface area contributed by atoms with Gasteiger partial charge >= 0.3 is 0 Å². The second-order valence-electron chi connectivity index (χ2n) is 5.47. The molecule has 0 unspecified atom stereocenters. The first-order chi connectivity index (χ1) is 10.0. The van der Waals surface area contributed by atoms with E-state index >= 15 is 0 Å². The molecule has 0 spiro atoms. The van der Waals surface area contributed by atoms with E-state index in [-0.39, 0.29) is 17.2 Å². The van der Waals surface area contributed by atoms with E-state index in [4.69, 9.17) is 10.9 Å². The van der Waals surface area contributed by atoms with Gasteiger partial charge in [-0.05, 0) is 37.5 Å². The Morgan fingerprint density at radius 2 is 2.14 bits per heavy atom. The first-order valence-electron chi connectivity index (χ1n) is 7.11. The lowest BCUT2D eigenvalue weighted by molar-refractivity contribution is -0.125. The van der Waals surface area contributed by atoms with Gasteiger partial charge in [0.15, 0.2) is 5.84 Å². The van der Waals surface area contributed by atoms with Gasteiger partial charge < -0.3 is 16.3 Å². The van der Waals surface area contributed by atoms with Gasteiger partial charge in [-0.3, -0.25) is 4.79 Å². The summed E-state index contributed by atoms with van der Waals surface area (Å²) >= 11 is 3.38. The quantitative estimate of drug-likeness (QED) is 0.335. The molecule has 5 nitrogen and oxygen atoms in total. The van der Waals surface area contributed by atoms with E-state index in [9.17, 15) is 4.79 Å². The van der Waals surface area contributed by atoms with Gasteiger partial charge in [-0.25, -0.2) is 0 Å². The number of amides is 1. The van der Waals surface area contributed by atoms with Crippen LogP contribution in [0.4, 0.5) is 5.69 Å². The van der Waals surface area contributed by atoms with Crippen molar-refractivity contribution in [1.82, 2.24) is 0 Å². The van der Waals surface area contributed by atoms with Gasteiger partial charge in [0.1, 0.15) is 0 Å². The van der Waals surface area contributed by atoms with Crippen LogP contribution < -0.4 is 11.1 Å². The molecule has 0 bridgehead atoms. The molecule has 114 valence electrons. The zero-order valence-electron chi connectivity index (χ0n) is 12.0. The van der Waals surface area contributed by atoms with E-state index < -0.39 is 0 Å². The molecule has 0 aromatic heterocycles. The van der Waals surface area contributed by atoms with Gasteiger partial charge in [0.2, 0.25) is 5.91 Å². The SMILES string of the molecule is CCC1(C(=O)Nc2cc(Br)ccc2/C(N)=N/O)CCCC1. The molecule has 4 N–H and O–H groups in total. The molecule has 0 saturated heterocycles. The van der Waals surface area contributed by atoms with Crippen molar-refractivity contribution < 1.29 is 10.0 Å². The Morgan fingerprint density at radius 3 is 2.71 bits per heavy atom. The van der Waals surface area contributed by atoms with Crippen LogP contribution in [0.3, 0.4) is 0 Å². The Morgan fingerprint density at radius 1 is 1.48 bits per heavy atom. The Hall–Kier alpha value is -1.56. The minimum absolute atomic E-state index is 0.0187. The third kappa shape index (κ3) is 3.20. The molecule has 6 heteroatoms. The predicted molar refractivity (Wildman–Crippen MR) is 86.5 cm³/mol. The summed E-state index contributed by atoms with van der Waals surface area (Å²) < 4.78 is 0.823. The molecule has 0 atom stereocenters. The minimum Gasteiger partial charge on any atom is -0.409 e. The highest BCUT2D eigenvalue weighted by Crippen LogP contribution is 2.42. The Labute approximate surface area is 132 Å². The molecule has 1 amide bonds. The molecule has 0 heterocycles. The zero-order chi connectivity index (χ0) is 15.5. The van der Waals surface area contributed by atoms with E-state index in [0.29, 0.717) is 11.3 Å². The molecular weight excluding hydrogens is 334 g/mol. The van der Waals surface area contributed by atoms with Crippen molar-refractivity contribution in [3.63, 3.8) is 0 Å². The number of carbonyl (C=O) groups excluding carboxylic acids is 1. The van der Waals surface area contributed by atoms with Crippen molar-refractivity contribution in [3.05, 3.63) is 28.2 Å². The molecule has 21 heavy (non-hydrogen) atoms. The molecule has 0 aliphatic heterocycles. The summed E-state index contributed by atoms with van der Waals surface area (Å²) in [5, 5.41) is 14.8. The number of benzene rings is 1. The summed E-state index contributed by atoms with van der Waals surface area (Å²) in [6, 6.07) is 5.26. The third-order valence-corrected chi connectivity index (χ3v) is 4.83. The minimum atomic E-state index is -0.287. The summed E-state index contributed by atoms with van der Waals surface area (Å²) in [6.45, 7) is 2.05. The molecule has 0 radical (unpaired) electrons. The fourth-order valence-corrected chi connectivity index (χ4v) is 3.31. The van der Waals surface area contributed by atoms with Crippen molar-refractivity contribution in [2.45, 2.75) is 39.0 Å². The van der Waals surface area contributed by atoms with Crippen molar-refractivity contribution >= 4 is 33.4 Å². The lowest BCUT2D eigenvalue weighted by Gasteiger charge is -2.26. The van der Waals surface area contributed by atoms with Gasteiger partial charge in [0, 0.05) is 15.5 Å². The number of anilines is 1. The number of hydrogen-bond acceptors (Lipinski definition) is 3. The van der Waals surface area contributed by atoms with Crippen LogP contribution in [-0.2, 0) is 4.79 Å². The Bertz CT molecular complexity index is 566. The normalized spacial score (nSPS) is 17.7. The lowest BCUT2D eigenvalue weighted by Crippen LogP contribution is -2.34. The predicted octanol–water partition coefficient (Wildman–Crippen LogP) is 3.45. The molecule has 1 aromatic rings. The molecule has 2 rings (SSSR count). The lowest BCUT2D eigenvalue weighted by atomic mass is 9.82. The fourth-order valence-electron chi connectivity index (χ4n) is 2.94.